The molecule has 4 rings (SSSR count). The van der Waals surface area contributed by atoms with Gasteiger partial charge in [-0.25, -0.2) is 0 Å². The number of hydrogen-bond acceptors (Lipinski definition) is 4. The number of hydrogen-bond donors (Lipinski definition) is 1. The minimum Gasteiger partial charge on any atom is -0.494 e. The van der Waals surface area contributed by atoms with Gasteiger partial charge in [0.2, 0.25) is 5.88 Å². The summed E-state index contributed by atoms with van der Waals surface area (Å²) in [6.45, 7) is 4.11. The Bertz CT molecular complexity index is 1220. The molecule has 0 spiro atoms. The second-order valence-corrected chi connectivity index (χ2v) is 8.92. The smallest absolute Gasteiger partial charge is 0.280 e. The zero-order valence-electron chi connectivity index (χ0n) is 19.4. The predicted octanol–water partition coefficient (Wildman–Crippen LogP) is 5.63. The van der Waals surface area contributed by atoms with Gasteiger partial charge in [-0.05, 0) is 54.4 Å². The molecule has 0 unspecified atom stereocenters. The Balaban J connectivity index is 1.79. The van der Waals surface area contributed by atoms with Crippen LogP contribution in [0.3, 0.4) is 0 Å². The SMILES string of the molecule is CCCCc1nc(=O)c(Cc2ccc(C3CC3)cc2)c(O)n1[C@@H](CC)c1ccccc1C#N. The van der Waals surface area contributed by atoms with Crippen LogP contribution in [0, 0.1) is 11.3 Å². The summed E-state index contributed by atoms with van der Waals surface area (Å²) in [7, 11) is 0. The second-order valence-electron chi connectivity index (χ2n) is 8.92. The van der Waals surface area contributed by atoms with Gasteiger partial charge in [0.15, 0.2) is 0 Å². The minimum absolute atomic E-state index is 0.0352. The molecule has 3 aromatic rings. The first-order valence-electron chi connectivity index (χ1n) is 12.0. The van der Waals surface area contributed by atoms with Crippen molar-refractivity contribution < 1.29 is 5.11 Å². The lowest BCUT2D eigenvalue weighted by atomic mass is 9.97. The number of benzene rings is 2. The molecule has 1 atom stereocenters. The van der Waals surface area contributed by atoms with Gasteiger partial charge in [-0.1, -0.05) is 62.7 Å². The summed E-state index contributed by atoms with van der Waals surface area (Å²) in [5.41, 5.74) is 3.66. The van der Waals surface area contributed by atoms with Crippen LogP contribution in [0.4, 0.5) is 0 Å². The molecule has 1 N–H and O–H groups in total. The van der Waals surface area contributed by atoms with Gasteiger partial charge in [0.1, 0.15) is 5.82 Å². The molecule has 33 heavy (non-hydrogen) atoms. The molecule has 1 aliphatic carbocycles. The molecule has 5 nitrogen and oxygen atoms in total. The highest BCUT2D eigenvalue weighted by molar-refractivity contribution is 5.42. The van der Waals surface area contributed by atoms with Crippen LogP contribution in [-0.4, -0.2) is 14.7 Å². The molecular weight excluding hydrogens is 410 g/mol. The van der Waals surface area contributed by atoms with Gasteiger partial charge in [-0.2, -0.15) is 10.2 Å². The van der Waals surface area contributed by atoms with E-state index in [-0.39, 0.29) is 17.5 Å². The van der Waals surface area contributed by atoms with Crippen LogP contribution in [0.1, 0.15) is 91.6 Å². The third-order valence-corrected chi connectivity index (χ3v) is 6.57. The number of rotatable bonds is 9. The van der Waals surface area contributed by atoms with Gasteiger partial charge in [0, 0.05) is 12.8 Å². The number of aromatic nitrogens is 2. The number of aryl methyl sites for hydroxylation is 1. The first-order valence-corrected chi connectivity index (χ1v) is 12.0. The highest BCUT2D eigenvalue weighted by Crippen LogP contribution is 2.40. The van der Waals surface area contributed by atoms with Gasteiger partial charge in [-0.3, -0.25) is 9.36 Å². The molecule has 2 aromatic carbocycles. The van der Waals surface area contributed by atoms with E-state index >= 15 is 0 Å². The normalized spacial score (nSPS) is 14.1. The number of nitrogens with zero attached hydrogens (tertiary/aromatic N) is 3. The minimum atomic E-state index is -0.371. The van der Waals surface area contributed by atoms with Crippen LogP contribution in [0.15, 0.2) is 53.3 Å². The van der Waals surface area contributed by atoms with Crippen molar-refractivity contribution in [1.82, 2.24) is 9.55 Å². The third-order valence-electron chi connectivity index (χ3n) is 6.57. The largest absolute Gasteiger partial charge is 0.494 e. The molecule has 1 fully saturated rings. The Hall–Kier alpha value is -3.39. The van der Waals surface area contributed by atoms with Crippen molar-refractivity contribution in [2.45, 2.75) is 70.8 Å². The maximum Gasteiger partial charge on any atom is 0.280 e. The molecular formula is C28H31N3O2. The molecule has 0 saturated heterocycles. The lowest BCUT2D eigenvalue weighted by Gasteiger charge is -2.26. The first kappa shape index (κ1) is 22.8. The monoisotopic (exact) mass is 441 g/mol. The average Bonchev–Trinajstić information content (AvgIpc) is 3.68. The Morgan fingerprint density at radius 1 is 1.15 bits per heavy atom. The number of aromatic hydroxyl groups is 1. The van der Waals surface area contributed by atoms with E-state index < -0.39 is 0 Å². The van der Waals surface area contributed by atoms with Crippen molar-refractivity contribution in [1.29, 1.82) is 5.26 Å². The third kappa shape index (κ3) is 4.85. The molecule has 1 aromatic heterocycles. The number of unbranched alkanes of at least 4 members (excludes halogenated alkanes) is 1. The van der Waals surface area contributed by atoms with Crippen molar-refractivity contribution in [3.63, 3.8) is 0 Å². The van der Waals surface area contributed by atoms with Gasteiger partial charge >= 0.3 is 0 Å². The van der Waals surface area contributed by atoms with Gasteiger partial charge < -0.3 is 5.11 Å². The Labute approximate surface area is 195 Å². The summed E-state index contributed by atoms with van der Waals surface area (Å²) < 4.78 is 1.79. The lowest BCUT2D eigenvalue weighted by molar-refractivity contribution is 0.368. The van der Waals surface area contributed by atoms with E-state index in [1.54, 1.807) is 10.6 Å². The van der Waals surface area contributed by atoms with Crippen LogP contribution in [0.25, 0.3) is 0 Å². The molecule has 0 bridgehead atoms. The summed E-state index contributed by atoms with van der Waals surface area (Å²) >= 11 is 0. The van der Waals surface area contributed by atoms with Crippen molar-refractivity contribution in [2.75, 3.05) is 0 Å². The fourth-order valence-electron chi connectivity index (χ4n) is 4.55. The van der Waals surface area contributed by atoms with E-state index in [2.05, 4.69) is 30.1 Å². The molecule has 1 aliphatic rings. The molecule has 170 valence electrons. The summed E-state index contributed by atoms with van der Waals surface area (Å²) in [5.74, 6) is 1.22. The van der Waals surface area contributed by atoms with E-state index in [1.807, 2.05) is 37.3 Å². The zero-order valence-corrected chi connectivity index (χ0v) is 19.4. The summed E-state index contributed by atoms with van der Waals surface area (Å²) in [6, 6.07) is 17.8. The molecule has 5 heteroatoms. The van der Waals surface area contributed by atoms with Gasteiger partial charge in [0.25, 0.3) is 5.56 Å². The fourth-order valence-corrected chi connectivity index (χ4v) is 4.55. The van der Waals surface area contributed by atoms with E-state index in [0.717, 1.165) is 24.0 Å². The summed E-state index contributed by atoms with van der Waals surface area (Å²) in [4.78, 5) is 17.4. The average molecular weight is 442 g/mol. The fraction of sp³-hybridized carbons (Fsp3) is 0.393. The predicted molar refractivity (Wildman–Crippen MR) is 130 cm³/mol. The summed E-state index contributed by atoms with van der Waals surface area (Å²) in [5, 5.41) is 21.1. The molecule has 0 aliphatic heterocycles. The van der Waals surface area contributed by atoms with Crippen molar-refractivity contribution in [3.05, 3.63) is 92.5 Å². The molecule has 1 saturated carbocycles. The van der Waals surface area contributed by atoms with Crippen LogP contribution in [0.5, 0.6) is 5.88 Å². The highest BCUT2D eigenvalue weighted by Gasteiger charge is 2.25. The Morgan fingerprint density at radius 3 is 2.52 bits per heavy atom. The zero-order chi connectivity index (χ0) is 23.4. The quantitative estimate of drug-likeness (QED) is 0.467. The Kier molecular flexibility index (Phi) is 6.93. The second kappa shape index (κ2) is 10.0. The maximum atomic E-state index is 13.0. The van der Waals surface area contributed by atoms with Crippen molar-refractivity contribution in [2.24, 2.45) is 0 Å². The van der Waals surface area contributed by atoms with Crippen LogP contribution >= 0.6 is 0 Å². The summed E-state index contributed by atoms with van der Waals surface area (Å²) in [6.07, 6.45) is 5.90. The first-order chi connectivity index (χ1) is 16.1. The van der Waals surface area contributed by atoms with Gasteiger partial charge in [0.05, 0.1) is 23.2 Å². The van der Waals surface area contributed by atoms with Crippen LogP contribution in [0.2, 0.25) is 0 Å². The topological polar surface area (TPSA) is 78.9 Å². The van der Waals surface area contributed by atoms with Crippen LogP contribution in [-0.2, 0) is 12.8 Å². The number of nitriles is 1. The van der Waals surface area contributed by atoms with Crippen molar-refractivity contribution in [3.8, 4) is 11.9 Å². The molecule has 0 amide bonds. The van der Waals surface area contributed by atoms with E-state index in [0.29, 0.717) is 42.1 Å². The van der Waals surface area contributed by atoms with E-state index in [4.69, 9.17) is 0 Å². The van der Waals surface area contributed by atoms with Gasteiger partial charge in [-0.15, -0.1) is 0 Å². The molecule has 1 heterocycles. The van der Waals surface area contributed by atoms with Crippen molar-refractivity contribution >= 4 is 0 Å². The lowest BCUT2D eigenvalue weighted by Crippen LogP contribution is -2.26. The Morgan fingerprint density at radius 2 is 1.88 bits per heavy atom. The maximum absolute atomic E-state index is 13.0. The van der Waals surface area contributed by atoms with E-state index in [9.17, 15) is 15.2 Å². The van der Waals surface area contributed by atoms with Crippen LogP contribution < -0.4 is 5.56 Å². The van der Waals surface area contributed by atoms with E-state index in [1.165, 1.54) is 18.4 Å². The highest BCUT2D eigenvalue weighted by atomic mass is 16.3. The standard InChI is InChI=1S/C28H31N3O2/c1-3-5-10-26-30-27(32)24(17-19-11-13-20(14-12-19)21-15-16-21)28(33)31(26)25(4-2)23-9-7-6-8-22(23)18-29/h6-9,11-14,21,25,33H,3-5,10,15-17H2,1-2H3/t25-/m0/s1. The molecule has 0 radical (unpaired) electrons.